The van der Waals surface area contributed by atoms with E-state index in [4.69, 9.17) is 11.2 Å². The first kappa shape index (κ1) is 12.0. The Morgan fingerprint density at radius 1 is 1.24 bits per heavy atom. The summed E-state index contributed by atoms with van der Waals surface area (Å²) in [6.07, 6.45) is 5.18. The highest BCUT2D eigenvalue weighted by atomic mass is 16.5. The molecule has 0 aromatic heterocycles. The molecule has 0 saturated carbocycles. The molecule has 2 rings (SSSR count). The second kappa shape index (κ2) is 6.29. The van der Waals surface area contributed by atoms with Crippen LogP contribution in [-0.2, 0) is 11.3 Å². The van der Waals surface area contributed by atoms with Gasteiger partial charge in [0, 0.05) is 25.3 Å². The van der Waals surface area contributed by atoms with Gasteiger partial charge in [0.2, 0.25) is 0 Å². The number of nitrogens with zero attached hydrogens (tertiary/aromatic N) is 1. The number of nitrogens with one attached hydrogen (secondary N) is 1. The molecule has 0 spiro atoms. The number of hydrogen-bond acceptors (Lipinski definition) is 3. The Bertz CT molecular complexity index is 374. The molecule has 1 fully saturated rings. The lowest BCUT2D eigenvalue weighted by molar-refractivity contribution is 0.122. The van der Waals surface area contributed by atoms with Crippen LogP contribution in [0.4, 0.5) is 5.69 Å². The standard InChI is InChI=1S/C14H18N2O/c1-2-7-15-12-13-3-5-14(6-4-13)16-8-10-17-11-9-16/h1,3-6,15H,7-12H2. The van der Waals surface area contributed by atoms with E-state index in [-0.39, 0.29) is 0 Å². The maximum Gasteiger partial charge on any atom is 0.0642 e. The zero-order valence-corrected chi connectivity index (χ0v) is 9.98. The van der Waals surface area contributed by atoms with Crippen LogP contribution in [0.15, 0.2) is 24.3 Å². The smallest absolute Gasteiger partial charge is 0.0642 e. The maximum absolute atomic E-state index is 5.34. The molecule has 90 valence electrons. The summed E-state index contributed by atoms with van der Waals surface area (Å²) in [5.41, 5.74) is 2.53. The van der Waals surface area contributed by atoms with E-state index in [1.165, 1.54) is 11.3 Å². The van der Waals surface area contributed by atoms with Gasteiger partial charge in [-0.2, -0.15) is 0 Å². The Balaban J connectivity index is 1.90. The van der Waals surface area contributed by atoms with E-state index < -0.39 is 0 Å². The monoisotopic (exact) mass is 230 g/mol. The third kappa shape index (κ3) is 3.48. The van der Waals surface area contributed by atoms with Crippen molar-refractivity contribution in [2.75, 3.05) is 37.7 Å². The summed E-state index contributed by atoms with van der Waals surface area (Å²) in [6.45, 7) is 5.05. The van der Waals surface area contributed by atoms with Crippen LogP contribution in [0.5, 0.6) is 0 Å². The fraction of sp³-hybridized carbons (Fsp3) is 0.429. The summed E-state index contributed by atoms with van der Waals surface area (Å²) in [5.74, 6) is 2.57. The minimum atomic E-state index is 0.616. The molecule has 0 unspecified atom stereocenters. The summed E-state index contributed by atoms with van der Waals surface area (Å²) in [7, 11) is 0. The van der Waals surface area contributed by atoms with Crippen LogP contribution in [0.25, 0.3) is 0 Å². The summed E-state index contributed by atoms with van der Waals surface area (Å²) < 4.78 is 5.34. The van der Waals surface area contributed by atoms with E-state index in [0.717, 1.165) is 32.8 Å². The van der Waals surface area contributed by atoms with Gasteiger partial charge in [0.1, 0.15) is 0 Å². The van der Waals surface area contributed by atoms with Gasteiger partial charge in [0.05, 0.1) is 19.8 Å². The topological polar surface area (TPSA) is 24.5 Å². The van der Waals surface area contributed by atoms with Crippen molar-refractivity contribution >= 4 is 5.69 Å². The molecule has 3 nitrogen and oxygen atoms in total. The highest BCUT2D eigenvalue weighted by molar-refractivity contribution is 5.47. The molecule has 0 atom stereocenters. The van der Waals surface area contributed by atoms with E-state index >= 15 is 0 Å². The number of ether oxygens (including phenoxy) is 1. The third-order valence-electron chi connectivity index (χ3n) is 2.87. The Hall–Kier alpha value is -1.50. The van der Waals surface area contributed by atoms with Crippen molar-refractivity contribution < 1.29 is 4.74 Å². The number of rotatable bonds is 4. The molecule has 3 heteroatoms. The number of benzene rings is 1. The van der Waals surface area contributed by atoms with Crippen molar-refractivity contribution in [2.45, 2.75) is 6.54 Å². The number of terminal acetylenes is 1. The van der Waals surface area contributed by atoms with Crippen molar-refractivity contribution in [3.05, 3.63) is 29.8 Å². The maximum atomic E-state index is 5.34. The van der Waals surface area contributed by atoms with Crippen LogP contribution in [0.2, 0.25) is 0 Å². The zero-order valence-electron chi connectivity index (χ0n) is 9.98. The van der Waals surface area contributed by atoms with Gasteiger partial charge in [-0.1, -0.05) is 18.1 Å². The molecule has 0 bridgehead atoms. The molecular formula is C14H18N2O. The van der Waals surface area contributed by atoms with Gasteiger partial charge in [0.15, 0.2) is 0 Å². The van der Waals surface area contributed by atoms with Crippen molar-refractivity contribution in [1.29, 1.82) is 0 Å². The first-order valence-electron chi connectivity index (χ1n) is 5.96. The molecule has 17 heavy (non-hydrogen) atoms. The van der Waals surface area contributed by atoms with Gasteiger partial charge in [0.25, 0.3) is 0 Å². The predicted molar refractivity (Wildman–Crippen MR) is 70.0 cm³/mol. The van der Waals surface area contributed by atoms with E-state index in [2.05, 4.69) is 40.4 Å². The Labute approximate surface area is 103 Å². The fourth-order valence-corrected chi connectivity index (χ4v) is 1.93. The molecule has 1 aliphatic rings. The molecule has 0 aliphatic carbocycles. The van der Waals surface area contributed by atoms with Gasteiger partial charge in [-0.3, -0.25) is 0 Å². The Morgan fingerprint density at radius 2 is 1.94 bits per heavy atom. The van der Waals surface area contributed by atoms with Crippen molar-refractivity contribution in [3.8, 4) is 12.3 Å². The second-order valence-electron chi connectivity index (χ2n) is 4.07. The summed E-state index contributed by atoms with van der Waals surface area (Å²) >= 11 is 0. The van der Waals surface area contributed by atoms with E-state index in [9.17, 15) is 0 Å². The SMILES string of the molecule is C#CCNCc1ccc(N2CCOCC2)cc1. The van der Waals surface area contributed by atoms with Crippen molar-refractivity contribution in [2.24, 2.45) is 0 Å². The lowest BCUT2D eigenvalue weighted by atomic mass is 10.2. The molecule has 1 aromatic carbocycles. The van der Waals surface area contributed by atoms with Crippen LogP contribution in [-0.4, -0.2) is 32.8 Å². The minimum Gasteiger partial charge on any atom is -0.378 e. The van der Waals surface area contributed by atoms with E-state index in [1.54, 1.807) is 0 Å². The van der Waals surface area contributed by atoms with Crippen molar-refractivity contribution in [3.63, 3.8) is 0 Å². The molecule has 1 N–H and O–H groups in total. The average molecular weight is 230 g/mol. The minimum absolute atomic E-state index is 0.616. The number of hydrogen-bond donors (Lipinski definition) is 1. The van der Waals surface area contributed by atoms with Gasteiger partial charge in [-0.25, -0.2) is 0 Å². The molecule has 1 heterocycles. The number of anilines is 1. The second-order valence-corrected chi connectivity index (χ2v) is 4.07. The van der Waals surface area contributed by atoms with Crippen LogP contribution < -0.4 is 10.2 Å². The van der Waals surface area contributed by atoms with Crippen LogP contribution in [0.3, 0.4) is 0 Å². The predicted octanol–water partition coefficient (Wildman–Crippen LogP) is 1.25. The quantitative estimate of drug-likeness (QED) is 0.622. The molecule has 1 aliphatic heterocycles. The van der Waals surface area contributed by atoms with Gasteiger partial charge < -0.3 is 15.0 Å². The third-order valence-corrected chi connectivity index (χ3v) is 2.87. The lowest BCUT2D eigenvalue weighted by Gasteiger charge is -2.28. The molecule has 0 radical (unpaired) electrons. The van der Waals surface area contributed by atoms with Crippen LogP contribution in [0.1, 0.15) is 5.56 Å². The summed E-state index contributed by atoms with van der Waals surface area (Å²) in [4.78, 5) is 2.35. The van der Waals surface area contributed by atoms with Gasteiger partial charge in [-0.05, 0) is 17.7 Å². The molecule has 0 amide bonds. The molecule has 1 saturated heterocycles. The molecular weight excluding hydrogens is 212 g/mol. The normalized spacial score (nSPS) is 15.6. The first-order chi connectivity index (χ1) is 8.40. The number of morpholine rings is 1. The summed E-state index contributed by atoms with van der Waals surface area (Å²) in [5, 5.41) is 3.18. The highest BCUT2D eigenvalue weighted by Gasteiger charge is 2.10. The zero-order chi connectivity index (χ0) is 11.9. The van der Waals surface area contributed by atoms with Gasteiger partial charge in [-0.15, -0.1) is 6.42 Å². The van der Waals surface area contributed by atoms with Crippen LogP contribution >= 0.6 is 0 Å². The van der Waals surface area contributed by atoms with Crippen molar-refractivity contribution in [1.82, 2.24) is 5.32 Å². The van der Waals surface area contributed by atoms with Gasteiger partial charge >= 0.3 is 0 Å². The van der Waals surface area contributed by atoms with Crippen LogP contribution in [0, 0.1) is 12.3 Å². The first-order valence-corrected chi connectivity index (χ1v) is 5.96. The summed E-state index contributed by atoms with van der Waals surface area (Å²) in [6, 6.07) is 8.62. The Kier molecular flexibility index (Phi) is 4.43. The van der Waals surface area contributed by atoms with E-state index in [0.29, 0.717) is 6.54 Å². The fourth-order valence-electron chi connectivity index (χ4n) is 1.93. The van der Waals surface area contributed by atoms with E-state index in [1.807, 2.05) is 0 Å². The average Bonchev–Trinajstić information content (AvgIpc) is 2.41. The largest absolute Gasteiger partial charge is 0.378 e. The highest BCUT2D eigenvalue weighted by Crippen LogP contribution is 2.16. The lowest BCUT2D eigenvalue weighted by Crippen LogP contribution is -2.36. The Morgan fingerprint density at radius 3 is 2.59 bits per heavy atom. The molecule has 1 aromatic rings.